The van der Waals surface area contributed by atoms with E-state index in [4.69, 9.17) is 14.2 Å². The molecule has 1 aliphatic rings. The van der Waals surface area contributed by atoms with Crippen molar-refractivity contribution in [2.45, 2.75) is 25.1 Å². The molecule has 9 heteroatoms. The maximum absolute atomic E-state index is 12.5. The van der Waals surface area contributed by atoms with Crippen molar-refractivity contribution in [2.75, 3.05) is 27.4 Å². The first-order valence-corrected chi connectivity index (χ1v) is 9.24. The second kappa shape index (κ2) is 9.36. The van der Waals surface area contributed by atoms with Crippen LogP contribution in [-0.2, 0) is 16.0 Å². The Morgan fingerprint density at radius 2 is 1.80 bits per heavy atom. The maximum atomic E-state index is 12.5. The fourth-order valence-electron chi connectivity index (χ4n) is 3.48. The molecule has 0 N–H and O–H groups in total. The van der Waals surface area contributed by atoms with Gasteiger partial charge in [0.05, 0.1) is 32.4 Å². The molecule has 30 heavy (non-hydrogen) atoms. The Kier molecular flexibility index (Phi) is 6.84. The van der Waals surface area contributed by atoms with Gasteiger partial charge < -0.3 is 23.7 Å². The summed E-state index contributed by atoms with van der Waals surface area (Å²) in [6, 6.07) is 10.6. The number of carbonyl (C=O) groups is 1. The van der Waals surface area contributed by atoms with E-state index in [-0.39, 0.29) is 12.4 Å². The Labute approximate surface area is 172 Å². The predicted octanol–water partition coefficient (Wildman–Crippen LogP) is 3.74. The van der Waals surface area contributed by atoms with Crippen LogP contribution in [0.5, 0.6) is 17.2 Å². The molecule has 2 aromatic carbocycles. The largest absolute Gasteiger partial charge is 0.573 e. The van der Waals surface area contributed by atoms with Crippen LogP contribution >= 0.6 is 0 Å². The molecule has 2 aromatic rings. The molecule has 162 valence electrons. The number of hydrogen-bond donors (Lipinski definition) is 0. The number of hydrogen-bond acceptors (Lipinski definition) is 6. The fourth-order valence-corrected chi connectivity index (χ4v) is 3.48. The number of alkyl halides is 3. The van der Waals surface area contributed by atoms with Crippen LogP contribution < -0.4 is 14.2 Å². The van der Waals surface area contributed by atoms with Crippen LogP contribution in [0.15, 0.2) is 42.5 Å². The lowest BCUT2D eigenvalue weighted by Gasteiger charge is -2.28. The molecule has 2 atom stereocenters. The lowest BCUT2D eigenvalue weighted by molar-refractivity contribution is -0.274. The van der Waals surface area contributed by atoms with Crippen molar-refractivity contribution in [3.05, 3.63) is 53.6 Å². The molecule has 0 bridgehead atoms. The molecule has 1 heterocycles. The first-order chi connectivity index (χ1) is 14.4. The van der Waals surface area contributed by atoms with E-state index in [1.807, 2.05) is 4.90 Å². The number of ether oxygens (including phenoxy) is 4. The third kappa shape index (κ3) is 5.03. The molecule has 0 saturated carbocycles. The van der Waals surface area contributed by atoms with Gasteiger partial charge in [-0.25, -0.2) is 0 Å². The van der Waals surface area contributed by atoms with Crippen molar-refractivity contribution < 1.29 is 36.9 Å². The van der Waals surface area contributed by atoms with Gasteiger partial charge >= 0.3 is 6.36 Å². The summed E-state index contributed by atoms with van der Waals surface area (Å²) < 4.78 is 58.2. The average molecular weight is 425 g/mol. The Bertz CT molecular complexity index is 852. The average Bonchev–Trinajstić information content (AvgIpc) is 3.13. The summed E-state index contributed by atoms with van der Waals surface area (Å²) in [5.74, 6) is 0.820. The van der Waals surface area contributed by atoms with Gasteiger partial charge in [0.1, 0.15) is 29.8 Å². The summed E-state index contributed by atoms with van der Waals surface area (Å²) in [7, 11) is 3.06. The molecule has 0 aromatic heterocycles. The Hall–Kier alpha value is -2.78. The summed E-state index contributed by atoms with van der Waals surface area (Å²) in [6.07, 6.45) is -4.17. The molecule has 0 amide bonds. The van der Waals surface area contributed by atoms with Crippen molar-refractivity contribution in [1.82, 2.24) is 4.90 Å². The smallest absolute Gasteiger partial charge is 0.496 e. The number of rotatable bonds is 8. The fraction of sp³-hybridized carbons (Fsp3) is 0.381. The van der Waals surface area contributed by atoms with Crippen molar-refractivity contribution in [1.29, 1.82) is 0 Å². The van der Waals surface area contributed by atoms with Crippen LogP contribution in [0.2, 0.25) is 0 Å². The van der Waals surface area contributed by atoms with E-state index < -0.39 is 18.6 Å². The van der Waals surface area contributed by atoms with Crippen molar-refractivity contribution >= 4 is 6.29 Å². The van der Waals surface area contributed by atoms with Crippen LogP contribution in [-0.4, -0.2) is 51.0 Å². The highest BCUT2D eigenvalue weighted by molar-refractivity contribution is 5.59. The first kappa shape index (κ1) is 21.9. The van der Waals surface area contributed by atoms with Gasteiger partial charge in [0.15, 0.2) is 0 Å². The number of halogens is 3. The molecule has 0 spiro atoms. The van der Waals surface area contributed by atoms with E-state index in [0.29, 0.717) is 35.6 Å². The van der Waals surface area contributed by atoms with Crippen LogP contribution in [0.4, 0.5) is 13.2 Å². The van der Waals surface area contributed by atoms with Gasteiger partial charge in [-0.3, -0.25) is 4.90 Å². The Morgan fingerprint density at radius 1 is 1.13 bits per heavy atom. The minimum absolute atomic E-state index is 0.187. The molecule has 1 fully saturated rings. The van der Waals surface area contributed by atoms with Gasteiger partial charge in [0.2, 0.25) is 0 Å². The van der Waals surface area contributed by atoms with Crippen LogP contribution in [0, 0.1) is 0 Å². The van der Waals surface area contributed by atoms with Gasteiger partial charge in [-0.2, -0.15) is 0 Å². The molecule has 6 nitrogen and oxygen atoms in total. The first-order valence-electron chi connectivity index (χ1n) is 9.24. The molecular weight excluding hydrogens is 403 g/mol. The van der Waals surface area contributed by atoms with Crippen LogP contribution in [0.3, 0.4) is 0 Å². The number of carbonyl (C=O) groups excluding carboxylic acids is 1. The highest BCUT2D eigenvalue weighted by Gasteiger charge is 2.38. The zero-order chi connectivity index (χ0) is 21.7. The van der Waals surface area contributed by atoms with Gasteiger partial charge in [-0.15, -0.1) is 13.2 Å². The van der Waals surface area contributed by atoms with Crippen molar-refractivity contribution in [3.8, 4) is 17.2 Å². The molecule has 2 unspecified atom stereocenters. The third-order valence-corrected chi connectivity index (χ3v) is 4.81. The lowest BCUT2D eigenvalue weighted by Crippen LogP contribution is -2.35. The lowest BCUT2D eigenvalue weighted by atomic mass is 10.1. The third-order valence-electron chi connectivity index (χ3n) is 4.81. The van der Waals surface area contributed by atoms with E-state index in [2.05, 4.69) is 4.74 Å². The quantitative estimate of drug-likeness (QED) is 0.601. The van der Waals surface area contributed by atoms with Crippen LogP contribution in [0.1, 0.15) is 17.4 Å². The standard InChI is InChI=1S/C21H22F3NO5/c1-27-17-7-4-8-18(28-2)19(17)20-25(15(12-26)13-29-20)10-9-14-5-3-6-16(11-14)30-21(22,23)24/h3-8,11-12,15,20H,9-10,13H2,1-2H3. The molecule has 3 rings (SSSR count). The van der Waals surface area contributed by atoms with E-state index >= 15 is 0 Å². The molecule has 1 saturated heterocycles. The molecule has 0 aliphatic carbocycles. The summed E-state index contributed by atoms with van der Waals surface area (Å²) in [4.78, 5) is 13.4. The molecule has 0 radical (unpaired) electrons. The SMILES string of the molecule is COc1cccc(OC)c1C1OCC(C=O)N1CCc1cccc(OC(F)(F)F)c1. The minimum Gasteiger partial charge on any atom is -0.496 e. The van der Waals surface area contributed by atoms with Crippen LogP contribution in [0.25, 0.3) is 0 Å². The highest BCUT2D eigenvalue weighted by Crippen LogP contribution is 2.41. The highest BCUT2D eigenvalue weighted by atomic mass is 19.4. The predicted molar refractivity (Wildman–Crippen MR) is 102 cm³/mol. The monoisotopic (exact) mass is 425 g/mol. The van der Waals surface area contributed by atoms with Gasteiger partial charge in [0.25, 0.3) is 0 Å². The topological polar surface area (TPSA) is 57.2 Å². The van der Waals surface area contributed by atoms with E-state index in [1.54, 1.807) is 24.3 Å². The zero-order valence-electron chi connectivity index (χ0n) is 16.5. The summed E-state index contributed by atoms with van der Waals surface area (Å²) in [5, 5.41) is 0. The summed E-state index contributed by atoms with van der Waals surface area (Å²) >= 11 is 0. The summed E-state index contributed by atoms with van der Waals surface area (Å²) in [6.45, 7) is 0.553. The number of aldehydes is 1. The van der Waals surface area contributed by atoms with Gasteiger partial charge in [0, 0.05) is 6.54 Å². The second-order valence-corrected chi connectivity index (χ2v) is 6.65. The van der Waals surface area contributed by atoms with E-state index in [1.165, 1.54) is 32.4 Å². The Morgan fingerprint density at radius 3 is 2.40 bits per heavy atom. The maximum Gasteiger partial charge on any atom is 0.573 e. The van der Waals surface area contributed by atoms with E-state index in [9.17, 15) is 18.0 Å². The zero-order valence-corrected chi connectivity index (χ0v) is 16.5. The van der Waals surface area contributed by atoms with Gasteiger partial charge in [-0.1, -0.05) is 18.2 Å². The Balaban J connectivity index is 1.82. The van der Waals surface area contributed by atoms with Gasteiger partial charge in [-0.05, 0) is 36.2 Å². The van der Waals surface area contributed by atoms with Crippen molar-refractivity contribution in [2.24, 2.45) is 0 Å². The van der Waals surface area contributed by atoms with Crippen molar-refractivity contribution in [3.63, 3.8) is 0 Å². The second-order valence-electron chi connectivity index (χ2n) is 6.65. The number of methoxy groups -OCH3 is 2. The molecule has 1 aliphatic heterocycles. The molecular formula is C21H22F3NO5. The number of nitrogens with zero attached hydrogens (tertiary/aromatic N) is 1. The normalized spacial score (nSPS) is 19.5. The minimum atomic E-state index is -4.75. The number of benzene rings is 2. The van der Waals surface area contributed by atoms with E-state index in [0.717, 1.165) is 6.29 Å². The summed E-state index contributed by atoms with van der Waals surface area (Å²) in [5.41, 5.74) is 1.29.